The lowest BCUT2D eigenvalue weighted by Gasteiger charge is -2.19. The predicted octanol–water partition coefficient (Wildman–Crippen LogP) is 2.20. The van der Waals surface area contributed by atoms with E-state index in [1.807, 2.05) is 0 Å². The number of halogens is 4. The van der Waals surface area contributed by atoms with E-state index < -0.39 is 24.0 Å². The molecule has 0 N–H and O–H groups in total. The Morgan fingerprint density at radius 3 is 2.21 bits per heavy atom. The van der Waals surface area contributed by atoms with Gasteiger partial charge in [-0.1, -0.05) is 17.6 Å². The summed E-state index contributed by atoms with van der Waals surface area (Å²) in [5, 5.41) is 0. The first-order chi connectivity index (χ1) is 6.38. The van der Waals surface area contributed by atoms with E-state index in [1.54, 1.807) is 0 Å². The van der Waals surface area contributed by atoms with Crippen molar-refractivity contribution in [2.45, 2.75) is 6.92 Å². The van der Waals surface area contributed by atoms with E-state index in [0.29, 0.717) is 0 Å². The van der Waals surface area contributed by atoms with Crippen molar-refractivity contribution in [3.63, 3.8) is 0 Å². The van der Waals surface area contributed by atoms with Crippen LogP contribution in [0.4, 0.5) is 17.3 Å². The predicted molar refractivity (Wildman–Crippen MR) is 46.4 cm³/mol. The van der Waals surface area contributed by atoms with Gasteiger partial charge in [-0.15, -0.1) is 0 Å². The molecule has 0 unspecified atom stereocenters. The molecule has 1 aromatic rings. The van der Waals surface area contributed by atoms with Gasteiger partial charge in [-0.25, -0.2) is 4.39 Å². The van der Waals surface area contributed by atoms with Crippen LogP contribution in [0.25, 0.3) is 0 Å². The van der Waals surface area contributed by atoms with Gasteiger partial charge < -0.3 is 17.7 Å². The lowest BCUT2D eigenvalue weighted by molar-refractivity contribution is 0.384. The molecule has 0 saturated carbocycles. The summed E-state index contributed by atoms with van der Waals surface area (Å²) in [6.07, 6.45) is 0. The van der Waals surface area contributed by atoms with Crippen molar-refractivity contribution in [3.8, 4) is 5.75 Å². The molecule has 0 fully saturated rings. The van der Waals surface area contributed by atoms with Gasteiger partial charge in [0, 0.05) is 0 Å². The Bertz CT molecular complexity index is 348. The Hall–Kier alpha value is -1.20. The van der Waals surface area contributed by atoms with E-state index in [0.717, 1.165) is 19.2 Å². The van der Waals surface area contributed by atoms with Gasteiger partial charge in [0.25, 0.3) is 0 Å². The van der Waals surface area contributed by atoms with Crippen molar-refractivity contribution < 1.29 is 22.1 Å². The van der Waals surface area contributed by atoms with E-state index in [2.05, 4.69) is 4.74 Å². The fraction of sp³-hybridized carbons (Fsp3) is 0.250. The van der Waals surface area contributed by atoms with Crippen molar-refractivity contribution in [3.05, 3.63) is 23.5 Å². The molecule has 0 aliphatic heterocycles. The SMILES string of the molecule is COc1c([B-](F)(F)F)ccc(C)c1F. The molecule has 0 atom stereocenters. The second-order valence-electron chi connectivity index (χ2n) is 2.89. The van der Waals surface area contributed by atoms with Crippen LogP contribution in [-0.2, 0) is 0 Å². The molecule has 0 saturated heterocycles. The first kappa shape index (κ1) is 10.9. The number of benzene rings is 1. The van der Waals surface area contributed by atoms with Crippen molar-refractivity contribution in [1.29, 1.82) is 0 Å². The van der Waals surface area contributed by atoms with E-state index in [1.165, 1.54) is 6.92 Å². The molecule has 0 aliphatic rings. The second-order valence-corrected chi connectivity index (χ2v) is 2.89. The molecule has 1 rings (SSSR count). The molecule has 1 aromatic carbocycles. The zero-order valence-electron chi connectivity index (χ0n) is 7.65. The van der Waals surface area contributed by atoms with Gasteiger partial charge in [0.05, 0.1) is 7.11 Å². The molecular weight excluding hydrogens is 199 g/mol. The Kier molecular flexibility index (Phi) is 2.73. The number of hydrogen-bond acceptors (Lipinski definition) is 1. The van der Waals surface area contributed by atoms with Gasteiger partial charge in [0.15, 0.2) is 5.82 Å². The zero-order valence-corrected chi connectivity index (χ0v) is 7.65. The smallest absolute Gasteiger partial charge is 0.497 e. The molecular formula is C8H8BF4O-. The number of rotatable bonds is 2. The lowest BCUT2D eigenvalue weighted by atomic mass is 9.79. The minimum absolute atomic E-state index is 0.130. The van der Waals surface area contributed by atoms with Crippen LogP contribution in [-0.4, -0.2) is 14.1 Å². The lowest BCUT2D eigenvalue weighted by Crippen LogP contribution is -2.35. The van der Waals surface area contributed by atoms with Gasteiger partial charge in [0.2, 0.25) is 0 Å². The third kappa shape index (κ3) is 1.83. The molecule has 0 amide bonds. The average molecular weight is 207 g/mol. The minimum Gasteiger partial charge on any atom is -0.497 e. The summed E-state index contributed by atoms with van der Waals surface area (Å²) in [5.74, 6) is -1.68. The Morgan fingerprint density at radius 1 is 1.21 bits per heavy atom. The maximum Gasteiger partial charge on any atom is 0.513 e. The highest BCUT2D eigenvalue weighted by molar-refractivity contribution is 6.74. The molecule has 0 aliphatic carbocycles. The average Bonchev–Trinajstić information content (AvgIpc) is 2.07. The van der Waals surface area contributed by atoms with Crippen LogP contribution in [0.2, 0.25) is 0 Å². The third-order valence-corrected chi connectivity index (χ3v) is 1.88. The molecule has 1 nitrogen and oxygen atoms in total. The number of ether oxygens (including phenoxy) is 1. The molecule has 0 aromatic heterocycles. The van der Waals surface area contributed by atoms with Crippen LogP contribution in [0.5, 0.6) is 5.75 Å². The van der Waals surface area contributed by atoms with Crippen LogP contribution >= 0.6 is 0 Å². The third-order valence-electron chi connectivity index (χ3n) is 1.88. The summed E-state index contributed by atoms with van der Waals surface area (Å²) in [6, 6.07) is 1.92. The maximum absolute atomic E-state index is 13.2. The molecule has 0 spiro atoms. The number of aryl methyl sites for hydroxylation is 1. The fourth-order valence-electron chi connectivity index (χ4n) is 1.13. The highest BCUT2D eigenvalue weighted by Gasteiger charge is 2.30. The van der Waals surface area contributed by atoms with Crippen LogP contribution in [0, 0.1) is 12.7 Å². The summed E-state index contributed by atoms with van der Waals surface area (Å²) in [6.45, 7) is -3.86. The molecule has 0 heterocycles. The Balaban J connectivity index is 3.39. The van der Waals surface area contributed by atoms with Gasteiger partial charge in [-0.05, 0) is 12.5 Å². The standard InChI is InChI=1S/C8H8BF4O/c1-5-3-4-6(9(11,12)13)8(14-2)7(5)10/h3-4H,1-2H3/q-1. The van der Waals surface area contributed by atoms with Crippen LogP contribution in [0.3, 0.4) is 0 Å². The van der Waals surface area contributed by atoms with Crippen LogP contribution in [0.1, 0.15) is 5.56 Å². The molecule has 14 heavy (non-hydrogen) atoms. The van der Waals surface area contributed by atoms with E-state index in [-0.39, 0.29) is 5.56 Å². The first-order valence-corrected chi connectivity index (χ1v) is 3.91. The summed E-state index contributed by atoms with van der Waals surface area (Å²) >= 11 is 0. The quantitative estimate of drug-likeness (QED) is 0.533. The van der Waals surface area contributed by atoms with Gasteiger partial charge in [-0.3, -0.25) is 0 Å². The molecule has 6 heteroatoms. The van der Waals surface area contributed by atoms with Gasteiger partial charge >= 0.3 is 6.98 Å². The fourth-order valence-corrected chi connectivity index (χ4v) is 1.13. The zero-order chi connectivity index (χ0) is 10.9. The summed E-state index contributed by atoms with van der Waals surface area (Å²) in [4.78, 5) is 0. The topological polar surface area (TPSA) is 9.23 Å². The monoisotopic (exact) mass is 207 g/mol. The van der Waals surface area contributed by atoms with Crippen LogP contribution in [0.15, 0.2) is 12.1 Å². The number of methoxy groups -OCH3 is 1. The van der Waals surface area contributed by atoms with E-state index in [4.69, 9.17) is 0 Å². The van der Waals surface area contributed by atoms with Crippen LogP contribution < -0.4 is 10.2 Å². The van der Waals surface area contributed by atoms with E-state index >= 15 is 0 Å². The van der Waals surface area contributed by atoms with Crippen molar-refractivity contribution >= 4 is 12.4 Å². The van der Waals surface area contributed by atoms with E-state index in [9.17, 15) is 17.3 Å². The maximum atomic E-state index is 13.2. The van der Waals surface area contributed by atoms with Gasteiger partial charge in [0.1, 0.15) is 5.75 Å². The highest BCUT2D eigenvalue weighted by atomic mass is 19.4. The highest BCUT2D eigenvalue weighted by Crippen LogP contribution is 2.22. The normalized spacial score (nSPS) is 11.6. The summed E-state index contributed by atoms with van der Waals surface area (Å²) in [7, 11) is 1.02. The Morgan fingerprint density at radius 2 is 1.79 bits per heavy atom. The minimum atomic E-state index is -5.24. The largest absolute Gasteiger partial charge is 0.513 e. The van der Waals surface area contributed by atoms with Crippen molar-refractivity contribution in [2.75, 3.05) is 7.11 Å². The second kappa shape index (κ2) is 3.51. The van der Waals surface area contributed by atoms with Crippen molar-refractivity contribution in [2.24, 2.45) is 0 Å². The van der Waals surface area contributed by atoms with Crippen molar-refractivity contribution in [1.82, 2.24) is 0 Å². The molecule has 78 valence electrons. The molecule has 0 radical (unpaired) electrons. The first-order valence-electron chi connectivity index (χ1n) is 3.91. The summed E-state index contributed by atoms with van der Waals surface area (Å²) < 4.78 is 54.7. The Labute approximate surface area is 78.7 Å². The van der Waals surface area contributed by atoms with Gasteiger partial charge in [-0.2, -0.15) is 0 Å². The summed E-state index contributed by atoms with van der Waals surface area (Å²) in [5.41, 5.74) is -0.902. The molecule has 0 bridgehead atoms. The number of hydrogen-bond donors (Lipinski definition) is 0.